The van der Waals surface area contributed by atoms with Crippen molar-refractivity contribution in [2.75, 3.05) is 19.5 Å². The maximum atomic E-state index is 14.1. The lowest BCUT2D eigenvalue weighted by atomic mass is 10.0. The molecule has 3 atom stereocenters. The minimum Gasteiger partial charge on any atom is -0.494 e. The highest BCUT2D eigenvalue weighted by Gasteiger charge is 2.30. The molecule has 45 heavy (non-hydrogen) atoms. The highest BCUT2D eigenvalue weighted by Crippen LogP contribution is 2.27. The second kappa shape index (κ2) is 18.2. The molecule has 0 aliphatic rings. The van der Waals surface area contributed by atoms with Crippen molar-refractivity contribution < 1.29 is 47.7 Å². The molecule has 2 rings (SSSR count). The van der Waals surface area contributed by atoms with E-state index in [1.54, 1.807) is 39.0 Å². The Balaban J connectivity index is 2.13. The van der Waals surface area contributed by atoms with Gasteiger partial charge < -0.3 is 30.0 Å². The van der Waals surface area contributed by atoms with Crippen LogP contribution >= 0.6 is 23.4 Å². The van der Waals surface area contributed by atoms with Crippen LogP contribution in [0.4, 0.5) is 4.39 Å². The first-order valence-electron chi connectivity index (χ1n) is 14.1. The summed E-state index contributed by atoms with van der Waals surface area (Å²) in [6, 6.07) is 6.44. The zero-order valence-electron chi connectivity index (χ0n) is 25.7. The quantitative estimate of drug-likeness (QED) is 0.199. The monoisotopic (exact) mass is 668 g/mol. The van der Waals surface area contributed by atoms with Gasteiger partial charge in [-0.2, -0.15) is 0 Å². The molecule has 11 nitrogen and oxygen atoms in total. The number of nitrogens with one attached hydrogen (secondary N) is 2. The molecule has 3 N–H and O–H groups in total. The van der Waals surface area contributed by atoms with Crippen molar-refractivity contribution in [1.29, 1.82) is 0 Å². The number of Topliss-reactive ketones (excluding diaryl/α,β-unsaturated/α-hetero) is 1. The molecule has 2 aromatic rings. The van der Waals surface area contributed by atoms with Gasteiger partial charge in [-0.1, -0.05) is 31.5 Å². The summed E-state index contributed by atoms with van der Waals surface area (Å²) in [5, 5.41) is 14.7. The number of ether oxygens (including phenoxy) is 3. The second-order valence-electron chi connectivity index (χ2n) is 10.3. The fraction of sp³-hybridized carbons (Fsp3) is 0.452. The lowest BCUT2D eigenvalue weighted by Crippen LogP contribution is -2.54. The molecule has 0 aromatic heterocycles. The van der Waals surface area contributed by atoms with Crippen LogP contribution in [0.25, 0.3) is 0 Å². The van der Waals surface area contributed by atoms with E-state index in [0.717, 1.165) is 11.8 Å². The van der Waals surface area contributed by atoms with Gasteiger partial charge in [-0.25, -0.2) is 9.18 Å². The minimum absolute atomic E-state index is 0.0627. The van der Waals surface area contributed by atoms with Crippen LogP contribution in [0.3, 0.4) is 0 Å². The Hall–Kier alpha value is -3.84. The van der Waals surface area contributed by atoms with Crippen molar-refractivity contribution in [2.45, 2.75) is 64.5 Å². The van der Waals surface area contributed by atoms with E-state index in [1.165, 1.54) is 32.2 Å². The number of amides is 2. The number of hydrogen-bond donors (Lipinski definition) is 3. The normalized spacial score (nSPS) is 12.9. The number of esters is 1. The number of ketones is 1. The number of carbonyl (C=O) groups excluding carboxylic acids is 4. The van der Waals surface area contributed by atoms with Crippen LogP contribution < -0.4 is 20.1 Å². The first-order chi connectivity index (χ1) is 21.3. The van der Waals surface area contributed by atoms with Crippen LogP contribution in [-0.4, -0.2) is 72.3 Å². The fourth-order valence-corrected chi connectivity index (χ4v) is 5.43. The molecule has 2 amide bonds. The first kappa shape index (κ1) is 37.3. The second-order valence-corrected chi connectivity index (χ2v) is 11.7. The summed E-state index contributed by atoms with van der Waals surface area (Å²) < 4.78 is 30.0. The SMILES string of the molecule is CCOc1ccc(O[C@@H](C)C(=O)OC)cc1CC(=O)N[C@H](C(=O)N[C@@H](CC(=O)O)C(=O)CSCc1c(F)cccc1Cl)C(C)C. The maximum absolute atomic E-state index is 14.1. The number of hydrogen-bond acceptors (Lipinski definition) is 9. The Kier molecular flexibility index (Phi) is 15.1. The lowest BCUT2D eigenvalue weighted by Gasteiger charge is -2.25. The number of carboxylic acids is 1. The number of benzene rings is 2. The molecule has 0 aliphatic heterocycles. The van der Waals surface area contributed by atoms with Crippen molar-refractivity contribution in [3.63, 3.8) is 0 Å². The van der Waals surface area contributed by atoms with Crippen LogP contribution in [0, 0.1) is 11.7 Å². The van der Waals surface area contributed by atoms with Crippen molar-refractivity contribution in [2.24, 2.45) is 5.92 Å². The number of methoxy groups -OCH3 is 1. The fourth-order valence-electron chi connectivity index (χ4n) is 4.12. The van der Waals surface area contributed by atoms with Crippen LogP contribution in [0.15, 0.2) is 36.4 Å². The third kappa shape index (κ3) is 11.9. The molecule has 0 fully saturated rings. The summed E-state index contributed by atoms with van der Waals surface area (Å²) in [6.07, 6.45) is -1.80. The highest BCUT2D eigenvalue weighted by atomic mass is 35.5. The molecule has 0 unspecified atom stereocenters. The van der Waals surface area contributed by atoms with E-state index in [2.05, 4.69) is 15.4 Å². The Morgan fingerprint density at radius 2 is 1.78 bits per heavy atom. The molecule has 2 aromatic carbocycles. The average molecular weight is 669 g/mol. The van der Waals surface area contributed by atoms with Crippen LogP contribution in [0.5, 0.6) is 11.5 Å². The standard InChI is InChI=1S/C31H38ClFN2O9S/c1-6-43-26-11-10-20(44-18(4)31(41)42-5)12-19(26)13-27(37)35-29(17(2)3)30(40)34-24(14-28(38)39)25(36)16-45-15-21-22(32)8-7-9-23(21)33/h7-12,17-18,24,29H,6,13-16H2,1-5H3,(H,34,40)(H,35,37)(H,38,39)/t18-,24-,29-/m0/s1. The lowest BCUT2D eigenvalue weighted by molar-refractivity contribution is -0.148. The summed E-state index contributed by atoms with van der Waals surface area (Å²) in [4.78, 5) is 62.6. The molecule has 0 saturated carbocycles. The molecular formula is C31H38ClFN2O9S. The van der Waals surface area contributed by atoms with Crippen molar-refractivity contribution >= 4 is 52.9 Å². The topological polar surface area (TPSA) is 157 Å². The Morgan fingerprint density at radius 3 is 2.38 bits per heavy atom. The van der Waals surface area contributed by atoms with Gasteiger partial charge in [0.15, 0.2) is 11.9 Å². The number of aliphatic carboxylic acids is 1. The predicted octanol–water partition coefficient (Wildman–Crippen LogP) is 3.96. The first-order valence-corrected chi connectivity index (χ1v) is 15.7. The molecule has 0 radical (unpaired) electrons. The van der Waals surface area contributed by atoms with E-state index in [4.69, 9.17) is 21.1 Å². The van der Waals surface area contributed by atoms with E-state index >= 15 is 0 Å². The largest absolute Gasteiger partial charge is 0.494 e. The molecule has 0 bridgehead atoms. The van der Waals surface area contributed by atoms with Crippen molar-refractivity contribution in [1.82, 2.24) is 10.6 Å². The smallest absolute Gasteiger partial charge is 0.346 e. The van der Waals surface area contributed by atoms with E-state index in [-0.39, 0.29) is 28.5 Å². The third-order valence-electron chi connectivity index (χ3n) is 6.43. The molecule has 0 spiro atoms. The molecule has 0 saturated heterocycles. The van der Waals surface area contributed by atoms with Crippen LogP contribution in [-0.2, 0) is 40.9 Å². The Bertz CT molecular complexity index is 1350. The average Bonchev–Trinajstić information content (AvgIpc) is 2.97. The van der Waals surface area contributed by atoms with Gasteiger partial charge in [0.05, 0.1) is 38.4 Å². The van der Waals surface area contributed by atoms with Gasteiger partial charge in [0.1, 0.15) is 23.4 Å². The Labute approximate surface area is 270 Å². The minimum atomic E-state index is -1.38. The number of halogens is 2. The Morgan fingerprint density at radius 1 is 1.07 bits per heavy atom. The zero-order valence-corrected chi connectivity index (χ0v) is 27.3. The van der Waals surface area contributed by atoms with Gasteiger partial charge in [-0.3, -0.25) is 19.2 Å². The van der Waals surface area contributed by atoms with Crippen LogP contribution in [0.2, 0.25) is 5.02 Å². The maximum Gasteiger partial charge on any atom is 0.346 e. The molecule has 0 aliphatic carbocycles. The van der Waals surface area contributed by atoms with Gasteiger partial charge in [0, 0.05) is 21.9 Å². The predicted molar refractivity (Wildman–Crippen MR) is 167 cm³/mol. The van der Waals surface area contributed by atoms with Gasteiger partial charge in [0.25, 0.3) is 0 Å². The molecule has 14 heteroatoms. The van der Waals surface area contributed by atoms with Crippen LogP contribution in [0.1, 0.15) is 45.2 Å². The molecule has 0 heterocycles. The summed E-state index contributed by atoms with van der Waals surface area (Å²) in [7, 11) is 1.24. The summed E-state index contributed by atoms with van der Waals surface area (Å²) in [6.45, 7) is 6.96. The van der Waals surface area contributed by atoms with E-state index in [0.29, 0.717) is 23.7 Å². The van der Waals surface area contributed by atoms with Gasteiger partial charge >= 0.3 is 11.9 Å². The van der Waals surface area contributed by atoms with Gasteiger partial charge in [-0.05, 0) is 50.1 Å². The zero-order chi connectivity index (χ0) is 33.7. The highest BCUT2D eigenvalue weighted by molar-refractivity contribution is 7.99. The number of rotatable bonds is 18. The van der Waals surface area contributed by atoms with Gasteiger partial charge in [-0.15, -0.1) is 11.8 Å². The summed E-state index contributed by atoms with van der Waals surface area (Å²) in [5.74, 6) is -4.20. The van der Waals surface area contributed by atoms with E-state index < -0.39 is 65.9 Å². The van der Waals surface area contributed by atoms with E-state index in [1.807, 2.05) is 0 Å². The summed E-state index contributed by atoms with van der Waals surface area (Å²) in [5.41, 5.74) is 0.638. The molecule has 246 valence electrons. The van der Waals surface area contributed by atoms with Gasteiger partial charge in [0.2, 0.25) is 11.8 Å². The number of carbonyl (C=O) groups is 5. The van der Waals surface area contributed by atoms with E-state index in [9.17, 15) is 33.5 Å². The molecular weight excluding hydrogens is 631 g/mol. The number of thioether (sulfide) groups is 1. The van der Waals surface area contributed by atoms with Crippen molar-refractivity contribution in [3.8, 4) is 11.5 Å². The number of carboxylic acid groups (broad SMARTS) is 1. The van der Waals surface area contributed by atoms with Crippen molar-refractivity contribution in [3.05, 3.63) is 58.4 Å². The summed E-state index contributed by atoms with van der Waals surface area (Å²) >= 11 is 7.06. The third-order valence-corrected chi connectivity index (χ3v) is 7.77.